The maximum atomic E-state index is 11.7. The summed E-state index contributed by atoms with van der Waals surface area (Å²) in [4.78, 5) is 16.5. The minimum atomic E-state index is -0.451. The number of ether oxygens (including phenoxy) is 3. The molecule has 136 valence electrons. The number of rotatable bonds is 7. The van der Waals surface area contributed by atoms with Crippen LogP contribution in [0.15, 0.2) is 41.6 Å². The Kier molecular flexibility index (Phi) is 6.20. The smallest absolute Gasteiger partial charge is 0.335 e. The molecule has 2 aromatic carbocycles. The highest BCUT2D eigenvalue weighted by Gasteiger charge is 2.12. The lowest BCUT2D eigenvalue weighted by Gasteiger charge is -2.07. The summed E-state index contributed by atoms with van der Waals surface area (Å²) in [5.41, 5.74) is 0.739. The van der Waals surface area contributed by atoms with Crippen molar-refractivity contribution in [3.05, 3.63) is 52.0 Å². The Morgan fingerprint density at radius 1 is 1.15 bits per heavy atom. The minimum Gasteiger partial charge on any atom is -0.492 e. The first-order valence-corrected chi connectivity index (χ1v) is 8.58. The van der Waals surface area contributed by atoms with Gasteiger partial charge in [0, 0.05) is 10.6 Å². The van der Waals surface area contributed by atoms with Gasteiger partial charge < -0.3 is 19.0 Å². The number of hydrogen-bond donors (Lipinski definition) is 0. The number of nitrogens with zero attached hydrogens (tertiary/aromatic N) is 1. The van der Waals surface area contributed by atoms with Crippen LogP contribution in [-0.4, -0.2) is 25.6 Å². The molecule has 0 N–H and O–H groups in total. The Morgan fingerprint density at radius 2 is 2.00 bits per heavy atom. The molecule has 0 saturated heterocycles. The van der Waals surface area contributed by atoms with Gasteiger partial charge in [0.15, 0.2) is 11.5 Å². The second-order valence-corrected chi connectivity index (χ2v) is 6.18. The predicted octanol–water partition coefficient (Wildman–Crippen LogP) is 4.46. The molecule has 8 heteroatoms. The molecule has 26 heavy (non-hydrogen) atoms. The van der Waals surface area contributed by atoms with Crippen molar-refractivity contribution in [3.8, 4) is 17.2 Å². The van der Waals surface area contributed by atoms with Gasteiger partial charge >= 0.3 is 5.97 Å². The molecule has 0 amide bonds. The highest BCUT2D eigenvalue weighted by Crippen LogP contribution is 2.32. The SMILES string of the molecule is O=C(CCCOc1ccc(Cl)cc1Cl)ON=Cc1ccc2c(c1)OCO2. The van der Waals surface area contributed by atoms with Crippen LogP contribution in [0.2, 0.25) is 10.0 Å². The topological polar surface area (TPSA) is 66.4 Å². The van der Waals surface area contributed by atoms with Gasteiger partial charge in [-0.05, 0) is 42.8 Å². The third-order valence-corrected chi connectivity index (χ3v) is 3.96. The van der Waals surface area contributed by atoms with Crippen LogP contribution in [0.1, 0.15) is 18.4 Å². The van der Waals surface area contributed by atoms with E-state index < -0.39 is 5.97 Å². The number of hydrogen-bond acceptors (Lipinski definition) is 6. The molecule has 0 atom stereocenters. The molecule has 1 aliphatic rings. The zero-order valence-corrected chi connectivity index (χ0v) is 15.1. The number of benzene rings is 2. The van der Waals surface area contributed by atoms with Crippen LogP contribution in [0, 0.1) is 0 Å². The molecule has 1 heterocycles. The number of carbonyl (C=O) groups is 1. The van der Waals surface area contributed by atoms with E-state index in [1.165, 1.54) is 6.21 Å². The molecule has 2 aromatic rings. The van der Waals surface area contributed by atoms with Crippen molar-refractivity contribution in [1.82, 2.24) is 0 Å². The third kappa shape index (κ3) is 5.03. The van der Waals surface area contributed by atoms with Crippen LogP contribution in [0.5, 0.6) is 17.2 Å². The summed E-state index contributed by atoms with van der Waals surface area (Å²) in [5.74, 6) is 1.39. The molecule has 1 aliphatic heterocycles. The molecule has 0 bridgehead atoms. The molecule has 0 spiro atoms. The van der Waals surface area contributed by atoms with E-state index in [-0.39, 0.29) is 13.2 Å². The summed E-state index contributed by atoms with van der Waals surface area (Å²) < 4.78 is 16.0. The van der Waals surface area contributed by atoms with E-state index in [2.05, 4.69) is 5.16 Å². The van der Waals surface area contributed by atoms with Crippen molar-refractivity contribution in [2.24, 2.45) is 5.16 Å². The van der Waals surface area contributed by atoms with E-state index in [4.69, 9.17) is 42.3 Å². The average molecular weight is 396 g/mol. The molecule has 0 radical (unpaired) electrons. The summed E-state index contributed by atoms with van der Waals surface area (Å²) >= 11 is 11.8. The Morgan fingerprint density at radius 3 is 2.85 bits per heavy atom. The largest absolute Gasteiger partial charge is 0.492 e. The van der Waals surface area contributed by atoms with Gasteiger partial charge in [-0.2, -0.15) is 0 Å². The van der Waals surface area contributed by atoms with E-state index >= 15 is 0 Å². The maximum Gasteiger partial charge on any atom is 0.335 e. The lowest BCUT2D eigenvalue weighted by Crippen LogP contribution is -2.04. The van der Waals surface area contributed by atoms with Gasteiger partial charge in [0.1, 0.15) is 5.75 Å². The molecule has 0 fully saturated rings. The van der Waals surface area contributed by atoms with Crippen molar-refractivity contribution in [2.45, 2.75) is 12.8 Å². The lowest BCUT2D eigenvalue weighted by atomic mass is 10.2. The molecule has 0 unspecified atom stereocenters. The summed E-state index contributed by atoms with van der Waals surface area (Å²) in [7, 11) is 0. The van der Waals surface area contributed by atoms with Crippen LogP contribution in [-0.2, 0) is 9.63 Å². The van der Waals surface area contributed by atoms with Crippen molar-refractivity contribution in [2.75, 3.05) is 13.4 Å². The fourth-order valence-electron chi connectivity index (χ4n) is 2.18. The summed E-state index contributed by atoms with van der Waals surface area (Å²) in [6.45, 7) is 0.524. The molecular weight excluding hydrogens is 381 g/mol. The van der Waals surface area contributed by atoms with Crippen LogP contribution >= 0.6 is 23.2 Å². The Hall–Kier alpha value is -2.44. The van der Waals surface area contributed by atoms with Crippen molar-refractivity contribution < 1.29 is 23.8 Å². The molecular formula is C18H15Cl2NO5. The van der Waals surface area contributed by atoms with Crippen molar-refractivity contribution in [1.29, 1.82) is 0 Å². The lowest BCUT2D eigenvalue weighted by molar-refractivity contribution is -0.143. The number of halogens is 2. The van der Waals surface area contributed by atoms with Crippen molar-refractivity contribution >= 4 is 35.4 Å². The zero-order chi connectivity index (χ0) is 18.4. The summed E-state index contributed by atoms with van der Waals surface area (Å²) in [6, 6.07) is 10.3. The molecule has 3 rings (SSSR count). The second-order valence-electron chi connectivity index (χ2n) is 5.34. The Labute approximate surface area is 160 Å². The first kappa shape index (κ1) is 18.4. The first-order chi connectivity index (χ1) is 12.6. The van der Waals surface area contributed by atoms with Gasteiger partial charge in [0.25, 0.3) is 0 Å². The highest BCUT2D eigenvalue weighted by molar-refractivity contribution is 6.35. The number of oxime groups is 1. The summed E-state index contributed by atoms with van der Waals surface area (Å²) in [5, 5.41) is 4.64. The average Bonchev–Trinajstić information content (AvgIpc) is 3.08. The molecule has 0 aliphatic carbocycles. The van der Waals surface area contributed by atoms with E-state index in [0.29, 0.717) is 40.3 Å². The molecule has 0 aromatic heterocycles. The van der Waals surface area contributed by atoms with Crippen LogP contribution in [0.3, 0.4) is 0 Å². The quantitative estimate of drug-likeness (QED) is 0.299. The minimum absolute atomic E-state index is 0.170. The normalized spacial score (nSPS) is 12.4. The Bertz CT molecular complexity index is 825. The fourth-order valence-corrected chi connectivity index (χ4v) is 2.64. The Balaban J connectivity index is 1.37. The standard InChI is InChI=1S/C18H15Cl2NO5/c19-13-4-6-15(14(20)9-13)23-7-1-2-18(22)26-21-10-12-3-5-16-17(8-12)25-11-24-16/h3-6,8-10H,1-2,7,11H2. The van der Waals surface area contributed by atoms with Gasteiger partial charge in [-0.1, -0.05) is 28.4 Å². The molecule has 6 nitrogen and oxygen atoms in total. The van der Waals surface area contributed by atoms with Crippen LogP contribution < -0.4 is 14.2 Å². The summed E-state index contributed by atoms with van der Waals surface area (Å²) in [6.07, 6.45) is 2.07. The first-order valence-electron chi connectivity index (χ1n) is 7.82. The maximum absolute atomic E-state index is 11.7. The van der Waals surface area contributed by atoms with Gasteiger partial charge in [-0.3, -0.25) is 0 Å². The number of carbonyl (C=O) groups excluding carboxylic acids is 1. The van der Waals surface area contributed by atoms with Gasteiger partial charge in [-0.25, -0.2) is 4.79 Å². The van der Waals surface area contributed by atoms with Gasteiger partial charge in [-0.15, -0.1) is 0 Å². The third-order valence-electron chi connectivity index (χ3n) is 3.43. The molecule has 0 saturated carbocycles. The fraction of sp³-hybridized carbons (Fsp3) is 0.222. The van der Waals surface area contributed by atoms with Crippen molar-refractivity contribution in [3.63, 3.8) is 0 Å². The second kappa shape index (κ2) is 8.78. The van der Waals surface area contributed by atoms with Crippen LogP contribution in [0.4, 0.5) is 0 Å². The zero-order valence-electron chi connectivity index (χ0n) is 13.6. The van der Waals surface area contributed by atoms with E-state index in [0.717, 1.165) is 5.56 Å². The van der Waals surface area contributed by atoms with E-state index in [9.17, 15) is 4.79 Å². The van der Waals surface area contributed by atoms with Crippen LogP contribution in [0.25, 0.3) is 0 Å². The van der Waals surface area contributed by atoms with Gasteiger partial charge in [0.2, 0.25) is 6.79 Å². The monoisotopic (exact) mass is 395 g/mol. The number of fused-ring (bicyclic) bond motifs is 1. The highest BCUT2D eigenvalue weighted by atomic mass is 35.5. The van der Waals surface area contributed by atoms with Gasteiger partial charge in [0.05, 0.1) is 24.3 Å². The predicted molar refractivity (Wildman–Crippen MR) is 97.4 cm³/mol. The van der Waals surface area contributed by atoms with E-state index in [1.54, 1.807) is 36.4 Å². The van der Waals surface area contributed by atoms with E-state index in [1.807, 2.05) is 0 Å².